The van der Waals surface area contributed by atoms with Crippen molar-refractivity contribution in [3.8, 4) is 11.1 Å². The Morgan fingerprint density at radius 1 is 1.11 bits per heavy atom. The van der Waals surface area contributed by atoms with Gasteiger partial charge in [-0.2, -0.15) is 0 Å². The Morgan fingerprint density at radius 3 is 2.33 bits per heavy atom. The highest BCUT2D eigenvalue weighted by molar-refractivity contribution is 9.10. The van der Waals surface area contributed by atoms with Gasteiger partial charge in [-0.15, -0.1) is 11.6 Å². The van der Waals surface area contributed by atoms with Crippen LogP contribution in [0.1, 0.15) is 10.9 Å². The Labute approximate surface area is 118 Å². The monoisotopic (exact) mass is 324 g/mol. The number of aliphatic carboxylic acids is 1. The number of benzene rings is 2. The molecule has 0 bridgehead atoms. The molecule has 92 valence electrons. The van der Waals surface area contributed by atoms with Gasteiger partial charge in [-0.1, -0.05) is 58.4 Å². The summed E-state index contributed by atoms with van der Waals surface area (Å²) in [7, 11) is 0. The van der Waals surface area contributed by atoms with E-state index in [9.17, 15) is 4.79 Å². The Kier molecular flexibility index (Phi) is 4.04. The lowest BCUT2D eigenvalue weighted by Gasteiger charge is -2.09. The van der Waals surface area contributed by atoms with Crippen LogP contribution < -0.4 is 0 Å². The minimum Gasteiger partial charge on any atom is -0.480 e. The Bertz CT molecular complexity index is 569. The SMILES string of the molecule is O=C(O)C(Cl)c1ccc(-c2ccccc2)cc1Br. The molecule has 1 unspecified atom stereocenters. The summed E-state index contributed by atoms with van der Waals surface area (Å²) in [6, 6.07) is 15.3. The molecule has 2 aromatic carbocycles. The van der Waals surface area contributed by atoms with Crippen LogP contribution in [0.25, 0.3) is 11.1 Å². The molecular weight excluding hydrogens is 316 g/mol. The Hall–Kier alpha value is -1.32. The van der Waals surface area contributed by atoms with Gasteiger partial charge in [0, 0.05) is 4.47 Å². The van der Waals surface area contributed by atoms with E-state index >= 15 is 0 Å². The minimum absolute atomic E-state index is 0.559. The average molecular weight is 326 g/mol. The summed E-state index contributed by atoms with van der Waals surface area (Å²) in [6.07, 6.45) is 0. The molecule has 4 heteroatoms. The third kappa shape index (κ3) is 2.74. The zero-order chi connectivity index (χ0) is 13.1. The van der Waals surface area contributed by atoms with E-state index in [1.807, 2.05) is 42.5 Å². The molecular formula is C14H10BrClO2. The van der Waals surface area contributed by atoms with Crippen LogP contribution in [0.5, 0.6) is 0 Å². The van der Waals surface area contributed by atoms with Crippen LogP contribution in [0.4, 0.5) is 0 Å². The van der Waals surface area contributed by atoms with Crippen molar-refractivity contribution < 1.29 is 9.90 Å². The van der Waals surface area contributed by atoms with Crippen molar-refractivity contribution in [3.63, 3.8) is 0 Å². The van der Waals surface area contributed by atoms with Gasteiger partial charge in [0.1, 0.15) is 0 Å². The number of hydrogen-bond acceptors (Lipinski definition) is 1. The van der Waals surface area contributed by atoms with Crippen LogP contribution in [0.3, 0.4) is 0 Å². The van der Waals surface area contributed by atoms with Gasteiger partial charge in [0.15, 0.2) is 5.38 Å². The molecule has 0 heterocycles. The third-order valence-electron chi connectivity index (χ3n) is 2.60. The normalized spacial score (nSPS) is 12.1. The molecule has 18 heavy (non-hydrogen) atoms. The van der Waals surface area contributed by atoms with Crippen molar-refractivity contribution in [3.05, 3.63) is 58.6 Å². The molecule has 2 nitrogen and oxygen atoms in total. The molecule has 0 saturated carbocycles. The lowest BCUT2D eigenvalue weighted by Crippen LogP contribution is -2.05. The molecule has 2 rings (SSSR count). The van der Waals surface area contributed by atoms with Crippen molar-refractivity contribution in [2.75, 3.05) is 0 Å². The maximum Gasteiger partial charge on any atom is 0.326 e. The summed E-state index contributed by atoms with van der Waals surface area (Å²) in [4.78, 5) is 10.9. The fourth-order valence-electron chi connectivity index (χ4n) is 1.68. The molecule has 0 fully saturated rings. The summed E-state index contributed by atoms with van der Waals surface area (Å²) in [5, 5.41) is 7.86. The highest BCUT2D eigenvalue weighted by atomic mass is 79.9. The quantitative estimate of drug-likeness (QED) is 0.845. The number of hydrogen-bond donors (Lipinski definition) is 1. The molecule has 0 radical (unpaired) electrons. The van der Waals surface area contributed by atoms with Crippen LogP contribution >= 0.6 is 27.5 Å². The van der Waals surface area contributed by atoms with Gasteiger partial charge < -0.3 is 5.11 Å². The van der Waals surface area contributed by atoms with E-state index < -0.39 is 11.3 Å². The van der Waals surface area contributed by atoms with E-state index in [4.69, 9.17) is 16.7 Å². The van der Waals surface area contributed by atoms with Crippen molar-refractivity contribution in [2.45, 2.75) is 5.38 Å². The minimum atomic E-state index is -1.05. The molecule has 0 amide bonds. The molecule has 0 aliphatic rings. The van der Waals surface area contributed by atoms with Gasteiger partial charge in [0.2, 0.25) is 0 Å². The number of carboxylic acids is 1. The summed E-state index contributed by atoms with van der Waals surface area (Å²) < 4.78 is 0.700. The summed E-state index contributed by atoms with van der Waals surface area (Å²) in [5.41, 5.74) is 2.65. The van der Waals surface area contributed by atoms with Crippen LogP contribution in [0, 0.1) is 0 Å². The largest absolute Gasteiger partial charge is 0.480 e. The second-order valence-corrected chi connectivity index (χ2v) is 5.09. The predicted octanol–water partition coefficient (Wildman–Crippen LogP) is 4.48. The molecule has 0 aromatic heterocycles. The average Bonchev–Trinajstić information content (AvgIpc) is 2.38. The van der Waals surface area contributed by atoms with E-state index in [1.165, 1.54) is 0 Å². The Balaban J connectivity index is 2.40. The number of halogens is 2. The molecule has 0 aliphatic heterocycles. The van der Waals surface area contributed by atoms with Crippen molar-refractivity contribution >= 4 is 33.5 Å². The first kappa shape index (κ1) is 13.1. The number of carboxylic acid groups (broad SMARTS) is 1. The summed E-state index contributed by atoms with van der Waals surface area (Å²) in [6.45, 7) is 0. The predicted molar refractivity (Wildman–Crippen MR) is 75.8 cm³/mol. The first-order chi connectivity index (χ1) is 8.59. The molecule has 1 atom stereocenters. The standard InChI is InChI=1S/C14H10BrClO2/c15-12-8-10(9-4-2-1-3-5-9)6-7-11(12)13(16)14(17)18/h1-8,13H,(H,17,18). The zero-order valence-corrected chi connectivity index (χ0v) is 11.6. The van der Waals surface area contributed by atoms with Crippen LogP contribution in [-0.4, -0.2) is 11.1 Å². The fourth-order valence-corrected chi connectivity index (χ4v) is 2.61. The van der Waals surface area contributed by atoms with Gasteiger partial charge in [-0.25, -0.2) is 0 Å². The van der Waals surface area contributed by atoms with Crippen LogP contribution in [0.15, 0.2) is 53.0 Å². The smallest absolute Gasteiger partial charge is 0.326 e. The number of carbonyl (C=O) groups is 1. The Morgan fingerprint density at radius 2 is 1.78 bits per heavy atom. The molecule has 0 aliphatic carbocycles. The summed E-state index contributed by atoms with van der Waals surface area (Å²) in [5.74, 6) is -1.05. The maximum absolute atomic E-state index is 10.9. The van der Waals surface area contributed by atoms with E-state index in [0.717, 1.165) is 11.1 Å². The molecule has 0 saturated heterocycles. The van der Waals surface area contributed by atoms with E-state index in [1.54, 1.807) is 6.07 Å². The van der Waals surface area contributed by atoms with E-state index in [2.05, 4.69) is 15.9 Å². The summed E-state index contributed by atoms with van der Waals surface area (Å²) >= 11 is 9.18. The third-order valence-corrected chi connectivity index (χ3v) is 3.71. The zero-order valence-electron chi connectivity index (χ0n) is 9.31. The van der Waals surface area contributed by atoms with Crippen LogP contribution in [-0.2, 0) is 4.79 Å². The molecule has 2 aromatic rings. The number of alkyl halides is 1. The number of rotatable bonds is 3. The van der Waals surface area contributed by atoms with Gasteiger partial charge in [-0.05, 0) is 22.8 Å². The van der Waals surface area contributed by atoms with E-state index in [-0.39, 0.29) is 0 Å². The second kappa shape index (κ2) is 5.55. The van der Waals surface area contributed by atoms with Gasteiger partial charge >= 0.3 is 5.97 Å². The highest BCUT2D eigenvalue weighted by Gasteiger charge is 2.19. The molecule has 0 spiro atoms. The van der Waals surface area contributed by atoms with Gasteiger partial charge in [0.05, 0.1) is 0 Å². The first-order valence-corrected chi connectivity index (χ1v) is 6.54. The lowest BCUT2D eigenvalue weighted by atomic mass is 10.0. The second-order valence-electron chi connectivity index (χ2n) is 3.80. The van der Waals surface area contributed by atoms with E-state index in [0.29, 0.717) is 10.0 Å². The lowest BCUT2D eigenvalue weighted by molar-refractivity contribution is -0.136. The van der Waals surface area contributed by atoms with Crippen molar-refractivity contribution in [1.29, 1.82) is 0 Å². The van der Waals surface area contributed by atoms with Crippen LogP contribution in [0.2, 0.25) is 0 Å². The maximum atomic E-state index is 10.9. The fraction of sp³-hybridized carbons (Fsp3) is 0.0714. The van der Waals surface area contributed by atoms with Gasteiger partial charge in [-0.3, -0.25) is 4.79 Å². The molecule has 1 N–H and O–H groups in total. The first-order valence-electron chi connectivity index (χ1n) is 5.31. The van der Waals surface area contributed by atoms with Crippen molar-refractivity contribution in [2.24, 2.45) is 0 Å². The van der Waals surface area contributed by atoms with Crippen molar-refractivity contribution in [1.82, 2.24) is 0 Å². The highest BCUT2D eigenvalue weighted by Crippen LogP contribution is 2.32. The topological polar surface area (TPSA) is 37.3 Å². The van der Waals surface area contributed by atoms with Gasteiger partial charge in [0.25, 0.3) is 0 Å².